The molecular formula is C16H11ClFNO5. The van der Waals surface area contributed by atoms with Crippen LogP contribution in [0.15, 0.2) is 36.4 Å². The summed E-state index contributed by atoms with van der Waals surface area (Å²) in [6.07, 6.45) is 0. The van der Waals surface area contributed by atoms with E-state index in [1.807, 2.05) is 0 Å². The van der Waals surface area contributed by atoms with E-state index in [1.54, 1.807) is 0 Å². The van der Waals surface area contributed by atoms with Crippen molar-refractivity contribution in [1.29, 1.82) is 0 Å². The lowest BCUT2D eigenvalue weighted by molar-refractivity contribution is -0.119. The van der Waals surface area contributed by atoms with Crippen molar-refractivity contribution in [2.45, 2.75) is 0 Å². The number of fused-ring (bicyclic) bond motifs is 1. The van der Waals surface area contributed by atoms with Crippen LogP contribution in [0.25, 0.3) is 0 Å². The van der Waals surface area contributed by atoms with Crippen molar-refractivity contribution in [1.82, 2.24) is 0 Å². The van der Waals surface area contributed by atoms with Gasteiger partial charge >= 0.3 is 5.97 Å². The molecule has 0 radical (unpaired) electrons. The van der Waals surface area contributed by atoms with Gasteiger partial charge in [0.1, 0.15) is 5.82 Å². The molecule has 0 saturated heterocycles. The molecule has 0 atom stereocenters. The maximum absolute atomic E-state index is 13.0. The second-order valence-electron chi connectivity index (χ2n) is 4.83. The van der Waals surface area contributed by atoms with Gasteiger partial charge in [-0.2, -0.15) is 0 Å². The summed E-state index contributed by atoms with van der Waals surface area (Å²) < 4.78 is 28.2. The topological polar surface area (TPSA) is 73.9 Å². The number of nitrogens with one attached hydrogen (secondary N) is 1. The molecule has 1 heterocycles. The number of carbonyl (C=O) groups excluding carboxylic acids is 2. The number of anilines is 1. The third-order valence-electron chi connectivity index (χ3n) is 3.11. The minimum atomic E-state index is -0.746. The average Bonchev–Trinajstić information content (AvgIpc) is 3.01. The lowest BCUT2D eigenvalue weighted by Crippen LogP contribution is -2.21. The molecule has 2 aromatic carbocycles. The fourth-order valence-electron chi connectivity index (χ4n) is 2.06. The van der Waals surface area contributed by atoms with Crippen LogP contribution in [0.5, 0.6) is 11.5 Å². The molecular weight excluding hydrogens is 341 g/mol. The number of rotatable bonds is 4. The van der Waals surface area contributed by atoms with Crippen LogP contribution in [-0.2, 0) is 9.53 Å². The molecule has 0 spiro atoms. The summed E-state index contributed by atoms with van der Waals surface area (Å²) in [5, 5.41) is 2.63. The molecule has 24 heavy (non-hydrogen) atoms. The molecule has 6 nitrogen and oxygen atoms in total. The van der Waals surface area contributed by atoms with Gasteiger partial charge in [-0.05, 0) is 30.3 Å². The number of hydrogen-bond donors (Lipinski definition) is 1. The zero-order chi connectivity index (χ0) is 17.1. The zero-order valence-corrected chi connectivity index (χ0v) is 12.9. The van der Waals surface area contributed by atoms with Gasteiger partial charge < -0.3 is 19.5 Å². The van der Waals surface area contributed by atoms with Crippen molar-refractivity contribution in [3.8, 4) is 11.5 Å². The summed E-state index contributed by atoms with van der Waals surface area (Å²) in [7, 11) is 0. The van der Waals surface area contributed by atoms with Crippen molar-refractivity contribution in [2.24, 2.45) is 0 Å². The number of ether oxygens (including phenoxy) is 3. The molecule has 1 N–H and O–H groups in total. The molecule has 0 fully saturated rings. The predicted molar refractivity (Wildman–Crippen MR) is 82.9 cm³/mol. The Morgan fingerprint density at radius 3 is 2.88 bits per heavy atom. The normalized spacial score (nSPS) is 11.9. The van der Waals surface area contributed by atoms with Gasteiger partial charge in [-0.15, -0.1) is 0 Å². The van der Waals surface area contributed by atoms with E-state index in [-0.39, 0.29) is 23.1 Å². The number of halogens is 2. The minimum Gasteiger partial charge on any atom is -0.454 e. The van der Waals surface area contributed by atoms with Gasteiger partial charge in [0.2, 0.25) is 6.79 Å². The predicted octanol–water partition coefficient (Wildman–Crippen LogP) is 3.00. The van der Waals surface area contributed by atoms with Crippen LogP contribution in [0, 0.1) is 5.82 Å². The lowest BCUT2D eigenvalue weighted by Gasteiger charge is -2.08. The molecule has 3 rings (SSSR count). The summed E-state index contributed by atoms with van der Waals surface area (Å²) in [4.78, 5) is 23.7. The molecule has 124 valence electrons. The molecule has 0 bridgehead atoms. The van der Waals surface area contributed by atoms with Gasteiger partial charge in [-0.3, -0.25) is 4.79 Å². The van der Waals surface area contributed by atoms with E-state index in [1.165, 1.54) is 30.3 Å². The molecule has 0 unspecified atom stereocenters. The van der Waals surface area contributed by atoms with E-state index in [4.69, 9.17) is 25.8 Å². The van der Waals surface area contributed by atoms with Crippen LogP contribution in [-0.4, -0.2) is 25.3 Å². The fraction of sp³-hybridized carbons (Fsp3) is 0.125. The van der Waals surface area contributed by atoms with E-state index >= 15 is 0 Å². The first-order chi connectivity index (χ1) is 11.5. The maximum atomic E-state index is 13.0. The third kappa shape index (κ3) is 3.57. The number of hydrogen-bond acceptors (Lipinski definition) is 5. The molecule has 2 aromatic rings. The van der Waals surface area contributed by atoms with E-state index in [9.17, 15) is 14.0 Å². The summed E-state index contributed by atoms with van der Waals surface area (Å²) in [5.41, 5.74) is 0.393. The highest BCUT2D eigenvalue weighted by atomic mass is 35.5. The van der Waals surface area contributed by atoms with Gasteiger partial charge in [0, 0.05) is 5.69 Å². The van der Waals surface area contributed by atoms with Crippen LogP contribution in [0.2, 0.25) is 5.02 Å². The summed E-state index contributed by atoms with van der Waals surface area (Å²) in [5.74, 6) is -1.14. The van der Waals surface area contributed by atoms with E-state index < -0.39 is 24.3 Å². The monoisotopic (exact) mass is 351 g/mol. The Morgan fingerprint density at radius 2 is 2.08 bits per heavy atom. The largest absolute Gasteiger partial charge is 0.454 e. The van der Waals surface area contributed by atoms with Crippen molar-refractivity contribution >= 4 is 29.2 Å². The molecule has 8 heteroatoms. The van der Waals surface area contributed by atoms with Crippen LogP contribution >= 0.6 is 11.6 Å². The number of amides is 1. The van der Waals surface area contributed by atoms with Crippen LogP contribution < -0.4 is 14.8 Å². The van der Waals surface area contributed by atoms with Gasteiger partial charge in [-0.25, -0.2) is 9.18 Å². The molecule has 1 aliphatic rings. The molecule has 0 saturated carbocycles. The summed E-state index contributed by atoms with van der Waals surface area (Å²) >= 11 is 5.98. The quantitative estimate of drug-likeness (QED) is 0.857. The Kier molecular flexibility index (Phi) is 4.52. The second kappa shape index (κ2) is 6.76. The number of carbonyl (C=O) groups is 2. The fourth-order valence-corrected chi connectivity index (χ4v) is 2.33. The van der Waals surface area contributed by atoms with Crippen LogP contribution in [0.1, 0.15) is 10.4 Å². The van der Waals surface area contributed by atoms with E-state index in [0.717, 1.165) is 6.07 Å². The number of esters is 1. The van der Waals surface area contributed by atoms with Crippen LogP contribution in [0.3, 0.4) is 0 Å². The Balaban J connectivity index is 1.59. The van der Waals surface area contributed by atoms with Gasteiger partial charge in [0.15, 0.2) is 18.1 Å². The van der Waals surface area contributed by atoms with Crippen molar-refractivity contribution in [3.05, 3.63) is 52.8 Å². The Labute approximate surface area is 141 Å². The maximum Gasteiger partial charge on any atom is 0.338 e. The third-order valence-corrected chi connectivity index (χ3v) is 3.39. The summed E-state index contributed by atoms with van der Waals surface area (Å²) in [6.45, 7) is -0.509. The Bertz CT molecular complexity index is 811. The molecule has 1 aliphatic heterocycles. The standard InChI is InChI=1S/C16H11ClFNO5/c17-12-4-9(5-13-15(12)24-8-23-13)16(21)22-7-14(20)19-11-3-1-2-10(18)6-11/h1-6H,7-8H2,(H,19,20). The molecule has 1 amide bonds. The number of benzene rings is 2. The van der Waals surface area contributed by atoms with Crippen molar-refractivity contribution < 1.29 is 28.2 Å². The van der Waals surface area contributed by atoms with Crippen LogP contribution in [0.4, 0.5) is 10.1 Å². The van der Waals surface area contributed by atoms with Gasteiger partial charge in [0.25, 0.3) is 5.91 Å². The highest BCUT2D eigenvalue weighted by Crippen LogP contribution is 2.39. The van der Waals surface area contributed by atoms with Gasteiger partial charge in [-0.1, -0.05) is 17.7 Å². The highest BCUT2D eigenvalue weighted by Gasteiger charge is 2.21. The second-order valence-corrected chi connectivity index (χ2v) is 5.23. The Morgan fingerprint density at radius 1 is 1.25 bits per heavy atom. The van der Waals surface area contributed by atoms with E-state index in [0.29, 0.717) is 11.5 Å². The zero-order valence-electron chi connectivity index (χ0n) is 12.2. The first kappa shape index (κ1) is 16.1. The highest BCUT2D eigenvalue weighted by molar-refractivity contribution is 6.32. The van der Waals surface area contributed by atoms with Crippen molar-refractivity contribution in [3.63, 3.8) is 0 Å². The first-order valence-corrected chi connectivity index (χ1v) is 7.22. The summed E-state index contributed by atoms with van der Waals surface area (Å²) in [6, 6.07) is 8.14. The average molecular weight is 352 g/mol. The first-order valence-electron chi connectivity index (χ1n) is 6.84. The van der Waals surface area contributed by atoms with Gasteiger partial charge in [0.05, 0.1) is 10.6 Å². The Hall–Kier alpha value is -2.80. The SMILES string of the molecule is O=C(COC(=O)c1cc(Cl)c2c(c1)OCO2)Nc1cccc(F)c1. The smallest absolute Gasteiger partial charge is 0.338 e. The molecule has 0 aliphatic carbocycles. The molecule has 0 aromatic heterocycles. The lowest BCUT2D eigenvalue weighted by atomic mass is 10.2. The van der Waals surface area contributed by atoms with Crippen molar-refractivity contribution in [2.75, 3.05) is 18.7 Å². The minimum absolute atomic E-state index is 0.0175. The van der Waals surface area contributed by atoms with E-state index in [2.05, 4.69) is 5.32 Å².